The van der Waals surface area contributed by atoms with E-state index in [9.17, 15) is 4.79 Å². The second kappa shape index (κ2) is 5.34. The number of halogens is 1. The lowest BCUT2D eigenvalue weighted by Gasteiger charge is -2.15. The van der Waals surface area contributed by atoms with Gasteiger partial charge in [0.1, 0.15) is 0 Å². The molecule has 0 heterocycles. The summed E-state index contributed by atoms with van der Waals surface area (Å²) in [5.74, 6) is 1.11. The maximum absolute atomic E-state index is 10.9. The van der Waals surface area contributed by atoms with E-state index in [-0.39, 0.29) is 6.10 Å². The fraction of sp³-hybridized carbons (Fsp3) is 0.364. The zero-order valence-corrected chi connectivity index (χ0v) is 11.1. The van der Waals surface area contributed by atoms with Gasteiger partial charge in [-0.1, -0.05) is 0 Å². The summed E-state index contributed by atoms with van der Waals surface area (Å²) in [4.78, 5) is 10.9. The van der Waals surface area contributed by atoms with Gasteiger partial charge in [0.25, 0.3) is 0 Å². The summed E-state index contributed by atoms with van der Waals surface area (Å²) < 4.78 is 11.7. The van der Waals surface area contributed by atoms with Gasteiger partial charge in [0.15, 0.2) is 17.8 Å². The van der Waals surface area contributed by atoms with Crippen LogP contribution in [-0.2, 0) is 0 Å². The molecular formula is C11H13IO3. The van der Waals surface area contributed by atoms with Crippen molar-refractivity contribution in [2.45, 2.75) is 20.0 Å². The summed E-state index contributed by atoms with van der Waals surface area (Å²) in [6, 6.07) is 3.61. The number of hydrogen-bond acceptors (Lipinski definition) is 3. The monoisotopic (exact) mass is 320 g/mol. The number of aldehydes is 1. The van der Waals surface area contributed by atoms with E-state index in [0.717, 1.165) is 9.86 Å². The Morgan fingerprint density at radius 1 is 1.40 bits per heavy atom. The van der Waals surface area contributed by atoms with Gasteiger partial charge < -0.3 is 9.47 Å². The molecule has 0 saturated heterocycles. The molecule has 0 bridgehead atoms. The molecule has 0 aliphatic carbocycles. The Morgan fingerprint density at radius 2 is 2.07 bits per heavy atom. The summed E-state index contributed by atoms with van der Waals surface area (Å²) in [5, 5.41) is 0. The molecule has 0 atom stereocenters. The minimum absolute atomic E-state index is 0.0117. The lowest BCUT2D eigenvalue weighted by Crippen LogP contribution is -2.09. The van der Waals surface area contributed by atoms with Crippen LogP contribution in [0, 0.1) is 3.57 Å². The lowest BCUT2D eigenvalue weighted by atomic mass is 10.2. The fourth-order valence-electron chi connectivity index (χ4n) is 1.19. The number of hydrogen-bond donors (Lipinski definition) is 0. The molecule has 1 aromatic rings. The lowest BCUT2D eigenvalue weighted by molar-refractivity contribution is 0.111. The number of rotatable bonds is 4. The largest absolute Gasteiger partial charge is 0.493 e. The van der Waals surface area contributed by atoms with Crippen molar-refractivity contribution in [1.82, 2.24) is 0 Å². The van der Waals surface area contributed by atoms with Gasteiger partial charge in [-0.05, 0) is 48.6 Å². The second-order valence-electron chi connectivity index (χ2n) is 3.31. The molecule has 0 spiro atoms. The third-order valence-electron chi connectivity index (χ3n) is 1.75. The van der Waals surface area contributed by atoms with Crippen molar-refractivity contribution in [3.8, 4) is 11.5 Å². The fourth-order valence-corrected chi connectivity index (χ4v) is 1.81. The summed E-state index contributed by atoms with van der Waals surface area (Å²) in [7, 11) is 1.56. The number of ether oxygens (including phenoxy) is 2. The average Bonchev–Trinajstić information content (AvgIpc) is 2.19. The molecule has 1 aromatic carbocycles. The first-order valence-corrected chi connectivity index (χ1v) is 5.65. The summed E-state index contributed by atoms with van der Waals surface area (Å²) in [6.45, 7) is 3.82. The Labute approximate surface area is 103 Å². The van der Waals surface area contributed by atoms with E-state index in [1.165, 1.54) is 0 Å². The molecule has 15 heavy (non-hydrogen) atoms. The number of carbonyl (C=O) groups excluding carboxylic acids is 1. The molecule has 0 aliphatic rings. The minimum atomic E-state index is 0.0117. The Balaban J connectivity index is 3.23. The highest BCUT2D eigenvalue weighted by molar-refractivity contribution is 14.1. The van der Waals surface area contributed by atoms with Crippen LogP contribution in [0.15, 0.2) is 12.1 Å². The van der Waals surface area contributed by atoms with Crippen molar-refractivity contribution in [2.75, 3.05) is 7.11 Å². The van der Waals surface area contributed by atoms with Crippen LogP contribution in [0.5, 0.6) is 11.5 Å². The van der Waals surface area contributed by atoms with Gasteiger partial charge in [-0.2, -0.15) is 0 Å². The van der Waals surface area contributed by atoms with Gasteiger partial charge in [-0.3, -0.25) is 4.79 Å². The predicted octanol–water partition coefficient (Wildman–Crippen LogP) is 2.90. The predicted molar refractivity (Wildman–Crippen MR) is 66.9 cm³/mol. The third-order valence-corrected chi connectivity index (χ3v) is 2.37. The second-order valence-corrected chi connectivity index (χ2v) is 4.56. The van der Waals surface area contributed by atoms with Crippen LogP contribution >= 0.6 is 22.6 Å². The molecule has 0 radical (unpaired) electrons. The molecule has 0 amide bonds. The molecule has 0 aromatic heterocycles. The highest BCUT2D eigenvalue weighted by Gasteiger charge is 2.13. The van der Waals surface area contributed by atoms with Crippen LogP contribution < -0.4 is 9.47 Å². The number of carbonyl (C=O) groups is 1. The summed E-state index contributed by atoms with van der Waals surface area (Å²) in [5.41, 5.74) is 0.521. The third kappa shape index (κ3) is 3.09. The zero-order chi connectivity index (χ0) is 11.4. The summed E-state index contributed by atoms with van der Waals surface area (Å²) in [6.07, 6.45) is 0.792. The molecular weight excluding hydrogens is 307 g/mol. The van der Waals surface area contributed by atoms with E-state index in [1.54, 1.807) is 13.2 Å². The van der Waals surface area contributed by atoms with E-state index >= 15 is 0 Å². The Bertz CT molecular complexity index is 361. The number of methoxy groups -OCH3 is 1. The quantitative estimate of drug-likeness (QED) is 0.632. The highest BCUT2D eigenvalue weighted by atomic mass is 127. The van der Waals surface area contributed by atoms with E-state index in [4.69, 9.17) is 9.47 Å². The van der Waals surface area contributed by atoms with Crippen LogP contribution in [0.4, 0.5) is 0 Å². The first kappa shape index (κ1) is 12.3. The first-order valence-electron chi connectivity index (χ1n) is 4.57. The van der Waals surface area contributed by atoms with E-state index in [0.29, 0.717) is 17.1 Å². The normalized spacial score (nSPS) is 10.2. The number of benzene rings is 1. The van der Waals surface area contributed by atoms with Crippen LogP contribution in [0.1, 0.15) is 24.2 Å². The van der Waals surface area contributed by atoms with E-state index in [1.807, 2.05) is 19.9 Å². The van der Waals surface area contributed by atoms with Gasteiger partial charge in [0.05, 0.1) is 18.8 Å². The smallest absolute Gasteiger partial charge is 0.172 e. The molecule has 0 aliphatic heterocycles. The molecule has 4 heteroatoms. The van der Waals surface area contributed by atoms with Gasteiger partial charge in [0, 0.05) is 3.57 Å². The molecule has 82 valence electrons. The highest BCUT2D eigenvalue weighted by Crippen LogP contribution is 2.33. The first-order chi connectivity index (χ1) is 7.08. The average molecular weight is 320 g/mol. The van der Waals surface area contributed by atoms with Crippen molar-refractivity contribution in [1.29, 1.82) is 0 Å². The van der Waals surface area contributed by atoms with Gasteiger partial charge in [-0.25, -0.2) is 0 Å². The maximum Gasteiger partial charge on any atom is 0.172 e. The molecule has 0 saturated carbocycles. The van der Waals surface area contributed by atoms with Crippen LogP contribution in [-0.4, -0.2) is 19.5 Å². The Morgan fingerprint density at radius 3 is 2.53 bits per heavy atom. The van der Waals surface area contributed by atoms with Crippen molar-refractivity contribution in [3.05, 3.63) is 21.3 Å². The molecule has 0 N–H and O–H groups in total. The Hall–Kier alpha value is -0.780. The topological polar surface area (TPSA) is 35.5 Å². The van der Waals surface area contributed by atoms with Gasteiger partial charge in [0.2, 0.25) is 0 Å². The molecule has 0 fully saturated rings. The molecule has 1 rings (SSSR count). The van der Waals surface area contributed by atoms with Crippen molar-refractivity contribution in [2.24, 2.45) is 0 Å². The van der Waals surface area contributed by atoms with Gasteiger partial charge >= 0.3 is 0 Å². The molecule has 3 nitrogen and oxygen atoms in total. The minimum Gasteiger partial charge on any atom is -0.493 e. The molecule has 0 unspecified atom stereocenters. The maximum atomic E-state index is 10.9. The van der Waals surface area contributed by atoms with Gasteiger partial charge in [-0.15, -0.1) is 0 Å². The van der Waals surface area contributed by atoms with Crippen molar-refractivity contribution < 1.29 is 14.3 Å². The van der Waals surface area contributed by atoms with Crippen molar-refractivity contribution in [3.63, 3.8) is 0 Å². The van der Waals surface area contributed by atoms with E-state index < -0.39 is 0 Å². The van der Waals surface area contributed by atoms with Crippen LogP contribution in [0.3, 0.4) is 0 Å². The van der Waals surface area contributed by atoms with Crippen LogP contribution in [0.25, 0.3) is 0 Å². The Kier molecular flexibility index (Phi) is 4.38. The van der Waals surface area contributed by atoms with Crippen LogP contribution in [0.2, 0.25) is 0 Å². The summed E-state index contributed by atoms with van der Waals surface area (Å²) >= 11 is 2.13. The van der Waals surface area contributed by atoms with E-state index in [2.05, 4.69) is 22.6 Å². The van der Waals surface area contributed by atoms with Crippen molar-refractivity contribution >= 4 is 28.9 Å². The standard InChI is InChI=1S/C11H13IO3/c1-7(2)15-11-8(6-13)4-9(12)5-10(11)14-3/h4-7H,1-3H3. The zero-order valence-electron chi connectivity index (χ0n) is 8.91. The SMILES string of the molecule is COc1cc(I)cc(C=O)c1OC(C)C.